The highest BCUT2D eigenvalue weighted by molar-refractivity contribution is 6.29. The molecule has 0 bridgehead atoms. The van der Waals surface area contributed by atoms with Crippen molar-refractivity contribution in [2.24, 2.45) is 7.05 Å². The molecule has 0 radical (unpaired) electrons. The van der Waals surface area contributed by atoms with Crippen LogP contribution in [0.1, 0.15) is 25.6 Å². The number of imidazole rings is 1. The molecule has 96 valence electrons. The molecule has 0 saturated carbocycles. The highest BCUT2D eigenvalue weighted by Gasteiger charge is 2.14. The summed E-state index contributed by atoms with van der Waals surface area (Å²) in [5.41, 5.74) is 0. The normalized spacial score (nSPS) is 18.8. The number of hydrogen-bond donors (Lipinski definition) is 1. The number of rotatable bonds is 5. The molecule has 1 atom stereocenters. The van der Waals surface area contributed by atoms with Crippen LogP contribution in [0.4, 0.5) is 0 Å². The highest BCUT2D eigenvalue weighted by atomic mass is 35.5. The second-order valence-corrected chi connectivity index (χ2v) is 5.23. The van der Waals surface area contributed by atoms with E-state index in [0.29, 0.717) is 11.2 Å². The standard InChI is InChI=1S/C12H21ClN4/c1-10(9-17-5-3-4-6-17)14-8-12-15-7-11(13)16(12)2/h7,10,14H,3-6,8-9H2,1-2H3. The zero-order valence-corrected chi connectivity index (χ0v) is 11.4. The second kappa shape index (κ2) is 5.85. The maximum absolute atomic E-state index is 5.95. The van der Waals surface area contributed by atoms with E-state index in [9.17, 15) is 0 Å². The van der Waals surface area contributed by atoms with E-state index in [1.54, 1.807) is 6.20 Å². The summed E-state index contributed by atoms with van der Waals surface area (Å²) in [6.45, 7) is 6.62. The summed E-state index contributed by atoms with van der Waals surface area (Å²) in [5, 5.41) is 4.19. The van der Waals surface area contributed by atoms with Gasteiger partial charge in [-0.2, -0.15) is 0 Å². The van der Waals surface area contributed by atoms with Gasteiger partial charge in [0.1, 0.15) is 11.0 Å². The van der Waals surface area contributed by atoms with Crippen LogP contribution < -0.4 is 5.32 Å². The Balaban J connectivity index is 1.75. The molecule has 0 amide bonds. The molecule has 1 aliphatic rings. The molecule has 1 fully saturated rings. The lowest BCUT2D eigenvalue weighted by Gasteiger charge is -2.21. The predicted octanol–water partition coefficient (Wildman–Crippen LogP) is 1.65. The van der Waals surface area contributed by atoms with Gasteiger partial charge in [-0.25, -0.2) is 4.98 Å². The van der Waals surface area contributed by atoms with E-state index in [1.807, 2.05) is 11.6 Å². The third-order valence-electron chi connectivity index (χ3n) is 3.37. The Hall–Kier alpha value is -0.580. The number of aromatic nitrogens is 2. The Morgan fingerprint density at radius 1 is 1.47 bits per heavy atom. The van der Waals surface area contributed by atoms with Crippen LogP contribution in [0.2, 0.25) is 5.15 Å². The first-order chi connectivity index (χ1) is 8.16. The summed E-state index contributed by atoms with van der Waals surface area (Å²) in [6.07, 6.45) is 4.40. The average molecular weight is 257 g/mol. The molecule has 0 aliphatic carbocycles. The Morgan fingerprint density at radius 2 is 2.18 bits per heavy atom. The number of nitrogens with one attached hydrogen (secondary N) is 1. The monoisotopic (exact) mass is 256 g/mol. The smallest absolute Gasteiger partial charge is 0.128 e. The fourth-order valence-corrected chi connectivity index (χ4v) is 2.42. The van der Waals surface area contributed by atoms with Crippen LogP contribution in [0.3, 0.4) is 0 Å². The first-order valence-electron chi connectivity index (χ1n) is 6.28. The van der Waals surface area contributed by atoms with Crippen molar-refractivity contribution >= 4 is 11.6 Å². The summed E-state index contributed by atoms with van der Waals surface area (Å²) >= 11 is 5.95. The van der Waals surface area contributed by atoms with Gasteiger partial charge in [0.2, 0.25) is 0 Å². The van der Waals surface area contributed by atoms with Gasteiger partial charge < -0.3 is 14.8 Å². The molecule has 2 heterocycles. The summed E-state index contributed by atoms with van der Waals surface area (Å²) < 4.78 is 1.91. The molecule has 1 unspecified atom stereocenters. The fraction of sp³-hybridized carbons (Fsp3) is 0.750. The number of nitrogens with zero attached hydrogens (tertiary/aromatic N) is 3. The SMILES string of the molecule is CC(CN1CCCC1)NCc1ncc(Cl)n1C. The zero-order chi connectivity index (χ0) is 12.3. The maximum atomic E-state index is 5.95. The lowest BCUT2D eigenvalue weighted by molar-refractivity contribution is 0.297. The van der Waals surface area contributed by atoms with Gasteiger partial charge in [0.05, 0.1) is 12.7 Å². The molecule has 17 heavy (non-hydrogen) atoms. The minimum atomic E-state index is 0.489. The number of halogens is 1. The van der Waals surface area contributed by atoms with Crippen LogP contribution in [-0.2, 0) is 13.6 Å². The van der Waals surface area contributed by atoms with Crippen molar-refractivity contribution < 1.29 is 0 Å². The van der Waals surface area contributed by atoms with Gasteiger partial charge in [0.15, 0.2) is 0 Å². The van der Waals surface area contributed by atoms with Gasteiger partial charge in [0, 0.05) is 19.6 Å². The van der Waals surface area contributed by atoms with Crippen LogP contribution in [-0.4, -0.2) is 40.1 Å². The first-order valence-corrected chi connectivity index (χ1v) is 6.66. The largest absolute Gasteiger partial charge is 0.321 e. The molecule has 1 aromatic heterocycles. The number of likely N-dealkylation sites (tertiary alicyclic amines) is 1. The van der Waals surface area contributed by atoms with Crippen LogP contribution in [0.5, 0.6) is 0 Å². The molecule has 2 rings (SSSR count). The lowest BCUT2D eigenvalue weighted by atomic mass is 10.3. The van der Waals surface area contributed by atoms with Crippen molar-refractivity contribution in [3.05, 3.63) is 17.2 Å². The summed E-state index contributed by atoms with van der Waals surface area (Å²) in [5.74, 6) is 0.989. The fourth-order valence-electron chi connectivity index (χ4n) is 2.27. The highest BCUT2D eigenvalue weighted by Crippen LogP contribution is 2.10. The van der Waals surface area contributed by atoms with Gasteiger partial charge in [-0.05, 0) is 32.9 Å². The van der Waals surface area contributed by atoms with Crippen molar-refractivity contribution in [1.82, 2.24) is 19.8 Å². The zero-order valence-electron chi connectivity index (χ0n) is 10.6. The third kappa shape index (κ3) is 3.44. The molecule has 1 N–H and O–H groups in total. The van der Waals surface area contributed by atoms with E-state index in [-0.39, 0.29) is 0 Å². The average Bonchev–Trinajstić information content (AvgIpc) is 2.90. The van der Waals surface area contributed by atoms with Crippen LogP contribution in [0.25, 0.3) is 0 Å². The van der Waals surface area contributed by atoms with E-state index in [0.717, 1.165) is 18.9 Å². The van der Waals surface area contributed by atoms with Gasteiger partial charge in [-0.1, -0.05) is 11.6 Å². The summed E-state index contributed by atoms with van der Waals surface area (Å²) in [7, 11) is 1.94. The van der Waals surface area contributed by atoms with Gasteiger partial charge in [-0.3, -0.25) is 0 Å². The van der Waals surface area contributed by atoms with Gasteiger partial charge >= 0.3 is 0 Å². The van der Waals surface area contributed by atoms with Crippen molar-refractivity contribution in [3.8, 4) is 0 Å². The predicted molar refractivity (Wildman–Crippen MR) is 70.2 cm³/mol. The van der Waals surface area contributed by atoms with E-state index < -0.39 is 0 Å². The molecule has 1 aliphatic heterocycles. The van der Waals surface area contributed by atoms with E-state index in [1.165, 1.54) is 25.9 Å². The van der Waals surface area contributed by atoms with Crippen molar-refractivity contribution in [1.29, 1.82) is 0 Å². The molecule has 5 heteroatoms. The van der Waals surface area contributed by atoms with Crippen LogP contribution in [0, 0.1) is 0 Å². The maximum Gasteiger partial charge on any atom is 0.128 e. The Kier molecular flexibility index (Phi) is 4.42. The van der Waals surface area contributed by atoms with E-state index in [2.05, 4.69) is 22.1 Å². The minimum absolute atomic E-state index is 0.489. The minimum Gasteiger partial charge on any atom is -0.321 e. The van der Waals surface area contributed by atoms with Crippen molar-refractivity contribution in [2.45, 2.75) is 32.4 Å². The number of hydrogen-bond acceptors (Lipinski definition) is 3. The molecular formula is C12H21ClN4. The summed E-state index contributed by atoms with van der Waals surface area (Å²) in [4.78, 5) is 6.79. The van der Waals surface area contributed by atoms with Crippen molar-refractivity contribution in [2.75, 3.05) is 19.6 Å². The van der Waals surface area contributed by atoms with Crippen LogP contribution in [0.15, 0.2) is 6.20 Å². The molecule has 4 nitrogen and oxygen atoms in total. The Labute approximate surface area is 108 Å². The molecule has 0 spiro atoms. The van der Waals surface area contributed by atoms with E-state index >= 15 is 0 Å². The topological polar surface area (TPSA) is 33.1 Å². The molecular weight excluding hydrogens is 236 g/mol. The Bertz CT molecular complexity index is 357. The quantitative estimate of drug-likeness (QED) is 0.870. The van der Waals surface area contributed by atoms with Gasteiger partial charge in [0.25, 0.3) is 0 Å². The summed E-state index contributed by atoms with van der Waals surface area (Å²) in [6, 6.07) is 0.489. The van der Waals surface area contributed by atoms with Gasteiger partial charge in [-0.15, -0.1) is 0 Å². The molecule has 1 saturated heterocycles. The molecule has 1 aromatic rings. The van der Waals surface area contributed by atoms with E-state index in [4.69, 9.17) is 11.6 Å². The first kappa shape index (κ1) is 12.9. The van der Waals surface area contributed by atoms with Crippen molar-refractivity contribution in [3.63, 3.8) is 0 Å². The lowest BCUT2D eigenvalue weighted by Crippen LogP contribution is -2.37. The Morgan fingerprint density at radius 3 is 2.76 bits per heavy atom. The third-order valence-corrected chi connectivity index (χ3v) is 3.72. The second-order valence-electron chi connectivity index (χ2n) is 4.85. The molecule has 0 aromatic carbocycles. The van der Waals surface area contributed by atoms with Crippen LogP contribution >= 0.6 is 11.6 Å².